The van der Waals surface area contributed by atoms with E-state index in [0.29, 0.717) is 41.3 Å². The van der Waals surface area contributed by atoms with E-state index in [1.165, 1.54) is 5.56 Å². The van der Waals surface area contributed by atoms with E-state index in [4.69, 9.17) is 32.7 Å². The summed E-state index contributed by atoms with van der Waals surface area (Å²) < 4.78 is 11.7. The van der Waals surface area contributed by atoms with Crippen LogP contribution in [0.1, 0.15) is 23.6 Å². The lowest BCUT2D eigenvalue weighted by molar-refractivity contribution is 0.269. The average Bonchev–Trinajstić information content (AvgIpc) is 2.68. The first kappa shape index (κ1) is 20.5. The Labute approximate surface area is 175 Å². The van der Waals surface area contributed by atoms with Crippen molar-refractivity contribution in [2.75, 3.05) is 6.61 Å². The van der Waals surface area contributed by atoms with E-state index in [2.05, 4.69) is 10.3 Å². The maximum atomic E-state index is 6.50. The molecule has 2 aromatic carbocycles. The van der Waals surface area contributed by atoms with Gasteiger partial charge in [0.1, 0.15) is 6.61 Å². The van der Waals surface area contributed by atoms with Crippen LogP contribution < -0.4 is 14.8 Å². The standard InChI is InChI=1S/C22H22Cl2N2O2/c1-2-27-21-12-18(14-26-13-16-6-8-25-9-7-16)11-20(24)22(21)28-15-17-4-3-5-19(23)10-17/h3-12,26H,2,13-15H2,1H3. The van der Waals surface area contributed by atoms with Crippen molar-refractivity contribution in [1.82, 2.24) is 10.3 Å². The molecule has 4 nitrogen and oxygen atoms in total. The van der Waals surface area contributed by atoms with Gasteiger partial charge in [-0.15, -0.1) is 0 Å². The van der Waals surface area contributed by atoms with Gasteiger partial charge in [-0.3, -0.25) is 4.98 Å². The van der Waals surface area contributed by atoms with E-state index < -0.39 is 0 Å². The van der Waals surface area contributed by atoms with Crippen LogP contribution in [0.3, 0.4) is 0 Å². The summed E-state index contributed by atoms with van der Waals surface area (Å²) in [6.07, 6.45) is 3.57. The van der Waals surface area contributed by atoms with E-state index in [1.54, 1.807) is 12.4 Å². The molecule has 3 rings (SSSR count). The Kier molecular flexibility index (Phi) is 7.54. The molecule has 0 aliphatic carbocycles. The zero-order valence-electron chi connectivity index (χ0n) is 15.6. The molecule has 0 amide bonds. The smallest absolute Gasteiger partial charge is 0.180 e. The first-order valence-electron chi connectivity index (χ1n) is 9.07. The lowest BCUT2D eigenvalue weighted by atomic mass is 10.2. The largest absolute Gasteiger partial charge is 0.490 e. The van der Waals surface area contributed by atoms with E-state index >= 15 is 0 Å². The Morgan fingerprint density at radius 1 is 0.893 bits per heavy atom. The van der Waals surface area contributed by atoms with Crippen LogP contribution in [0.5, 0.6) is 11.5 Å². The molecule has 28 heavy (non-hydrogen) atoms. The summed E-state index contributed by atoms with van der Waals surface area (Å²) in [7, 11) is 0. The summed E-state index contributed by atoms with van der Waals surface area (Å²) in [4.78, 5) is 4.03. The van der Waals surface area contributed by atoms with E-state index in [0.717, 1.165) is 17.7 Å². The van der Waals surface area contributed by atoms with Crippen molar-refractivity contribution in [3.63, 3.8) is 0 Å². The number of aromatic nitrogens is 1. The summed E-state index contributed by atoms with van der Waals surface area (Å²) in [5.41, 5.74) is 3.17. The fourth-order valence-electron chi connectivity index (χ4n) is 2.76. The Bertz CT molecular complexity index is 904. The van der Waals surface area contributed by atoms with Gasteiger partial charge in [0, 0.05) is 30.5 Å². The normalized spacial score (nSPS) is 10.7. The Morgan fingerprint density at radius 2 is 1.68 bits per heavy atom. The molecule has 0 aliphatic rings. The van der Waals surface area contributed by atoms with Crippen LogP contribution in [-0.4, -0.2) is 11.6 Å². The van der Waals surface area contributed by atoms with Gasteiger partial charge in [-0.2, -0.15) is 0 Å². The first-order valence-corrected chi connectivity index (χ1v) is 9.83. The number of hydrogen-bond acceptors (Lipinski definition) is 4. The van der Waals surface area contributed by atoms with Gasteiger partial charge < -0.3 is 14.8 Å². The minimum atomic E-state index is 0.361. The summed E-state index contributed by atoms with van der Waals surface area (Å²) in [5, 5.41) is 4.60. The van der Waals surface area contributed by atoms with E-state index in [-0.39, 0.29) is 0 Å². The van der Waals surface area contributed by atoms with Crippen molar-refractivity contribution >= 4 is 23.2 Å². The van der Waals surface area contributed by atoms with Crippen molar-refractivity contribution in [3.05, 3.63) is 87.7 Å². The van der Waals surface area contributed by atoms with Gasteiger partial charge in [0.25, 0.3) is 0 Å². The predicted octanol–water partition coefficient (Wildman–Crippen LogP) is 5.66. The monoisotopic (exact) mass is 416 g/mol. The second kappa shape index (κ2) is 10.3. The molecule has 0 fully saturated rings. The van der Waals surface area contributed by atoms with Crippen LogP contribution in [0.2, 0.25) is 10.0 Å². The highest BCUT2D eigenvalue weighted by Crippen LogP contribution is 2.37. The lowest BCUT2D eigenvalue weighted by Gasteiger charge is -2.16. The van der Waals surface area contributed by atoms with E-state index in [1.807, 2.05) is 55.5 Å². The summed E-state index contributed by atoms with van der Waals surface area (Å²) >= 11 is 12.5. The maximum Gasteiger partial charge on any atom is 0.180 e. The number of halogens is 2. The average molecular weight is 417 g/mol. The summed E-state index contributed by atoms with van der Waals surface area (Å²) in [5.74, 6) is 1.18. The Balaban J connectivity index is 1.68. The molecule has 1 aromatic heterocycles. The van der Waals surface area contributed by atoms with Gasteiger partial charge in [0.05, 0.1) is 11.6 Å². The maximum absolute atomic E-state index is 6.50. The zero-order chi connectivity index (χ0) is 19.8. The molecular weight excluding hydrogens is 395 g/mol. The second-order valence-corrected chi connectivity index (χ2v) is 7.06. The number of hydrogen-bond donors (Lipinski definition) is 1. The molecule has 0 radical (unpaired) electrons. The van der Waals surface area contributed by atoms with Gasteiger partial charge in [0.15, 0.2) is 11.5 Å². The van der Waals surface area contributed by atoms with Crippen molar-refractivity contribution in [2.45, 2.75) is 26.6 Å². The molecule has 6 heteroatoms. The number of nitrogens with zero attached hydrogens (tertiary/aromatic N) is 1. The Morgan fingerprint density at radius 3 is 2.43 bits per heavy atom. The topological polar surface area (TPSA) is 43.4 Å². The lowest BCUT2D eigenvalue weighted by Crippen LogP contribution is -2.13. The van der Waals surface area contributed by atoms with Gasteiger partial charge >= 0.3 is 0 Å². The summed E-state index contributed by atoms with van der Waals surface area (Å²) in [6.45, 7) is 4.23. The van der Waals surface area contributed by atoms with Crippen molar-refractivity contribution in [2.24, 2.45) is 0 Å². The minimum Gasteiger partial charge on any atom is -0.490 e. The third kappa shape index (κ3) is 5.86. The van der Waals surface area contributed by atoms with Gasteiger partial charge in [-0.05, 0) is 60.0 Å². The molecule has 0 atom stereocenters. The molecule has 0 saturated heterocycles. The predicted molar refractivity (Wildman–Crippen MR) is 113 cm³/mol. The van der Waals surface area contributed by atoms with Crippen LogP contribution in [-0.2, 0) is 19.7 Å². The molecule has 1 heterocycles. The summed E-state index contributed by atoms with van der Waals surface area (Å²) in [6, 6.07) is 15.4. The molecule has 0 bridgehead atoms. The quantitative estimate of drug-likeness (QED) is 0.488. The molecule has 3 aromatic rings. The van der Waals surface area contributed by atoms with Crippen LogP contribution in [0, 0.1) is 0 Å². The highest BCUT2D eigenvalue weighted by Gasteiger charge is 2.13. The van der Waals surface area contributed by atoms with Crippen molar-refractivity contribution < 1.29 is 9.47 Å². The second-order valence-electron chi connectivity index (χ2n) is 6.22. The highest BCUT2D eigenvalue weighted by molar-refractivity contribution is 6.32. The number of nitrogens with one attached hydrogen (secondary N) is 1. The van der Waals surface area contributed by atoms with Gasteiger partial charge in [-0.1, -0.05) is 35.3 Å². The number of rotatable bonds is 9. The fraction of sp³-hybridized carbons (Fsp3) is 0.227. The molecular formula is C22H22Cl2N2O2. The molecule has 0 aliphatic heterocycles. The number of benzene rings is 2. The van der Waals surface area contributed by atoms with E-state index in [9.17, 15) is 0 Å². The molecule has 0 saturated carbocycles. The SMILES string of the molecule is CCOc1cc(CNCc2ccncc2)cc(Cl)c1OCc1cccc(Cl)c1. The number of pyridine rings is 1. The zero-order valence-corrected chi connectivity index (χ0v) is 17.1. The van der Waals surface area contributed by atoms with Gasteiger partial charge in [0.2, 0.25) is 0 Å². The molecule has 0 unspecified atom stereocenters. The fourth-order valence-corrected chi connectivity index (χ4v) is 3.26. The number of ether oxygens (including phenoxy) is 2. The minimum absolute atomic E-state index is 0.361. The molecule has 0 spiro atoms. The van der Waals surface area contributed by atoms with Crippen LogP contribution >= 0.6 is 23.2 Å². The first-order chi connectivity index (χ1) is 13.7. The third-order valence-corrected chi connectivity index (χ3v) is 4.56. The Hall–Kier alpha value is -2.27. The molecule has 1 N–H and O–H groups in total. The van der Waals surface area contributed by atoms with Crippen molar-refractivity contribution in [1.29, 1.82) is 0 Å². The van der Waals surface area contributed by atoms with Gasteiger partial charge in [-0.25, -0.2) is 0 Å². The van der Waals surface area contributed by atoms with Crippen LogP contribution in [0.25, 0.3) is 0 Å². The van der Waals surface area contributed by atoms with Crippen LogP contribution in [0.4, 0.5) is 0 Å². The highest BCUT2D eigenvalue weighted by atomic mass is 35.5. The molecule has 146 valence electrons. The third-order valence-electron chi connectivity index (χ3n) is 4.05. The van der Waals surface area contributed by atoms with Crippen LogP contribution in [0.15, 0.2) is 60.9 Å². The van der Waals surface area contributed by atoms with Crippen molar-refractivity contribution in [3.8, 4) is 11.5 Å².